The zero-order valence-electron chi connectivity index (χ0n) is 14.7. The van der Waals surface area contributed by atoms with Gasteiger partial charge in [-0.25, -0.2) is 4.98 Å². The molecule has 1 aromatic heterocycles. The van der Waals surface area contributed by atoms with Crippen molar-refractivity contribution in [1.29, 1.82) is 0 Å². The standard InChI is InChI=1S/C18H18F3N3O2.2ClH/c19-18(20,21)12-3-6-14(7-4-12)26-15-8-5-13(11-23-15)24-16(25)17(22)9-1-2-10-17;;/h3-8,11H,1-2,9-10,22H2,(H,24,25);2*1H. The van der Waals surface area contributed by atoms with E-state index < -0.39 is 17.3 Å². The van der Waals surface area contributed by atoms with Gasteiger partial charge in [-0.1, -0.05) is 12.8 Å². The molecule has 0 saturated heterocycles. The highest BCUT2D eigenvalue weighted by Gasteiger charge is 2.37. The molecule has 0 aliphatic heterocycles. The molecule has 1 fully saturated rings. The quantitative estimate of drug-likeness (QED) is 0.709. The molecule has 0 radical (unpaired) electrons. The van der Waals surface area contributed by atoms with Crippen LogP contribution in [0.3, 0.4) is 0 Å². The molecule has 2 aromatic rings. The number of nitrogens with zero attached hydrogens (tertiary/aromatic N) is 1. The minimum absolute atomic E-state index is 0. The van der Waals surface area contributed by atoms with Crippen LogP contribution in [0.2, 0.25) is 0 Å². The first kappa shape index (κ1) is 24.0. The molecule has 0 unspecified atom stereocenters. The van der Waals surface area contributed by atoms with Gasteiger partial charge < -0.3 is 15.8 Å². The molecule has 28 heavy (non-hydrogen) atoms. The van der Waals surface area contributed by atoms with Gasteiger partial charge in [-0.15, -0.1) is 24.8 Å². The number of rotatable bonds is 4. The number of hydrogen-bond acceptors (Lipinski definition) is 4. The van der Waals surface area contributed by atoms with E-state index in [-0.39, 0.29) is 42.4 Å². The van der Waals surface area contributed by atoms with Gasteiger partial charge in [0, 0.05) is 6.07 Å². The minimum atomic E-state index is -4.39. The van der Waals surface area contributed by atoms with E-state index in [1.807, 2.05) is 0 Å². The van der Waals surface area contributed by atoms with Crippen molar-refractivity contribution in [2.75, 3.05) is 5.32 Å². The lowest BCUT2D eigenvalue weighted by atomic mass is 9.98. The number of alkyl halides is 3. The van der Waals surface area contributed by atoms with Crippen molar-refractivity contribution in [1.82, 2.24) is 4.98 Å². The number of ether oxygens (including phenoxy) is 1. The number of halogens is 5. The molecule has 0 bridgehead atoms. The third-order valence-electron chi connectivity index (χ3n) is 4.35. The summed E-state index contributed by atoms with van der Waals surface area (Å²) < 4.78 is 43.0. The van der Waals surface area contributed by atoms with Crippen molar-refractivity contribution in [3.05, 3.63) is 48.2 Å². The number of carbonyl (C=O) groups is 1. The molecule has 3 rings (SSSR count). The summed E-state index contributed by atoms with van der Waals surface area (Å²) in [6.45, 7) is 0. The summed E-state index contributed by atoms with van der Waals surface area (Å²) in [7, 11) is 0. The van der Waals surface area contributed by atoms with Gasteiger partial charge in [0.1, 0.15) is 5.75 Å². The Kier molecular flexibility index (Phi) is 8.10. The second kappa shape index (κ2) is 9.45. The van der Waals surface area contributed by atoms with Gasteiger partial charge in [-0.05, 0) is 43.2 Å². The van der Waals surface area contributed by atoms with Gasteiger partial charge >= 0.3 is 6.18 Å². The van der Waals surface area contributed by atoms with Crippen LogP contribution in [-0.2, 0) is 11.0 Å². The summed E-state index contributed by atoms with van der Waals surface area (Å²) in [6, 6.07) is 7.43. The first-order valence-electron chi connectivity index (χ1n) is 8.18. The smallest absolute Gasteiger partial charge is 0.416 e. The minimum Gasteiger partial charge on any atom is -0.439 e. The van der Waals surface area contributed by atoms with E-state index in [1.165, 1.54) is 24.4 Å². The number of benzene rings is 1. The van der Waals surface area contributed by atoms with Crippen LogP contribution in [0.25, 0.3) is 0 Å². The Morgan fingerprint density at radius 1 is 1.07 bits per heavy atom. The van der Waals surface area contributed by atoms with Crippen LogP contribution < -0.4 is 15.8 Å². The molecule has 1 heterocycles. The molecule has 1 aliphatic carbocycles. The lowest BCUT2D eigenvalue weighted by molar-refractivity contribution is -0.137. The summed E-state index contributed by atoms with van der Waals surface area (Å²) in [4.78, 5) is 16.3. The van der Waals surface area contributed by atoms with E-state index in [2.05, 4.69) is 10.3 Å². The van der Waals surface area contributed by atoms with Crippen LogP contribution in [-0.4, -0.2) is 16.4 Å². The molecule has 0 spiro atoms. The summed E-state index contributed by atoms with van der Waals surface area (Å²) in [5, 5.41) is 2.73. The molecule has 0 atom stereocenters. The van der Waals surface area contributed by atoms with Crippen molar-refractivity contribution in [3.8, 4) is 11.6 Å². The Labute approximate surface area is 172 Å². The second-order valence-electron chi connectivity index (χ2n) is 6.33. The van der Waals surface area contributed by atoms with Crippen molar-refractivity contribution in [3.63, 3.8) is 0 Å². The number of hydrogen-bond donors (Lipinski definition) is 2. The Morgan fingerprint density at radius 3 is 2.18 bits per heavy atom. The van der Waals surface area contributed by atoms with Gasteiger partial charge in [-0.3, -0.25) is 4.79 Å². The molecule has 154 valence electrons. The lowest BCUT2D eigenvalue weighted by Crippen LogP contribution is -2.48. The maximum atomic E-state index is 12.5. The number of pyridine rings is 1. The fourth-order valence-electron chi connectivity index (χ4n) is 2.84. The van der Waals surface area contributed by atoms with Crippen molar-refractivity contribution < 1.29 is 22.7 Å². The molecule has 3 N–H and O–H groups in total. The monoisotopic (exact) mass is 437 g/mol. The third-order valence-corrected chi connectivity index (χ3v) is 4.35. The summed E-state index contributed by atoms with van der Waals surface area (Å²) >= 11 is 0. The van der Waals surface area contributed by atoms with Crippen molar-refractivity contribution >= 4 is 36.4 Å². The first-order chi connectivity index (χ1) is 12.3. The van der Waals surface area contributed by atoms with Gasteiger partial charge in [0.25, 0.3) is 0 Å². The van der Waals surface area contributed by atoms with E-state index >= 15 is 0 Å². The summed E-state index contributed by atoms with van der Waals surface area (Å²) in [5.74, 6) is 0.188. The van der Waals surface area contributed by atoms with E-state index in [0.717, 1.165) is 25.0 Å². The highest BCUT2D eigenvalue weighted by Crippen LogP contribution is 2.31. The molecule has 10 heteroatoms. The second-order valence-corrected chi connectivity index (χ2v) is 6.33. The summed E-state index contributed by atoms with van der Waals surface area (Å²) in [6.07, 6.45) is 0.193. The predicted octanol–water partition coefficient (Wildman–Crippen LogP) is 4.95. The average Bonchev–Trinajstić information content (AvgIpc) is 3.04. The molecular weight excluding hydrogens is 418 g/mol. The lowest BCUT2D eigenvalue weighted by Gasteiger charge is -2.22. The van der Waals surface area contributed by atoms with Crippen LogP contribution in [0.5, 0.6) is 11.6 Å². The fraction of sp³-hybridized carbons (Fsp3) is 0.333. The predicted molar refractivity (Wildman–Crippen MR) is 104 cm³/mol. The highest BCUT2D eigenvalue weighted by atomic mass is 35.5. The third kappa shape index (κ3) is 5.73. The van der Waals surface area contributed by atoms with Crippen LogP contribution >= 0.6 is 24.8 Å². The van der Waals surface area contributed by atoms with Crippen LogP contribution in [0, 0.1) is 0 Å². The number of nitrogens with one attached hydrogen (secondary N) is 1. The fourth-order valence-corrected chi connectivity index (χ4v) is 2.84. The maximum absolute atomic E-state index is 12.5. The number of carbonyl (C=O) groups excluding carboxylic acids is 1. The molecular formula is C18H20Cl2F3N3O2. The van der Waals surface area contributed by atoms with Crippen LogP contribution in [0.15, 0.2) is 42.6 Å². The van der Waals surface area contributed by atoms with Crippen molar-refractivity contribution in [2.45, 2.75) is 37.4 Å². The molecule has 1 aliphatic rings. The number of amides is 1. The summed E-state index contributed by atoms with van der Waals surface area (Å²) in [5.41, 5.74) is 4.98. The van der Waals surface area contributed by atoms with E-state index in [9.17, 15) is 18.0 Å². The number of nitrogens with two attached hydrogens (primary N) is 1. The molecule has 1 saturated carbocycles. The molecule has 1 aromatic carbocycles. The van der Waals surface area contributed by atoms with E-state index in [1.54, 1.807) is 6.07 Å². The molecule has 5 nitrogen and oxygen atoms in total. The maximum Gasteiger partial charge on any atom is 0.416 e. The topological polar surface area (TPSA) is 77.2 Å². The highest BCUT2D eigenvalue weighted by molar-refractivity contribution is 5.98. The van der Waals surface area contributed by atoms with E-state index in [0.29, 0.717) is 18.5 Å². The Bertz CT molecular complexity index is 778. The Balaban J connectivity index is 0.00000196. The van der Waals surface area contributed by atoms with Crippen molar-refractivity contribution in [2.24, 2.45) is 5.73 Å². The first-order valence-corrected chi connectivity index (χ1v) is 8.18. The van der Waals surface area contributed by atoms with Gasteiger partial charge in [0.05, 0.1) is 23.0 Å². The zero-order valence-corrected chi connectivity index (χ0v) is 16.3. The molecule has 1 amide bonds. The average molecular weight is 438 g/mol. The Morgan fingerprint density at radius 2 is 1.68 bits per heavy atom. The normalized spacial score (nSPS) is 15.1. The number of aromatic nitrogens is 1. The van der Waals surface area contributed by atoms with Crippen LogP contribution in [0.4, 0.5) is 18.9 Å². The van der Waals surface area contributed by atoms with Gasteiger partial charge in [0.15, 0.2) is 0 Å². The Hall–Kier alpha value is -2.03. The zero-order chi connectivity index (χ0) is 18.8. The largest absolute Gasteiger partial charge is 0.439 e. The SMILES string of the molecule is Cl.Cl.NC1(C(=O)Nc2ccc(Oc3ccc(C(F)(F)F)cc3)nc2)CCCC1. The number of anilines is 1. The van der Waals surface area contributed by atoms with E-state index in [4.69, 9.17) is 10.5 Å². The van der Waals surface area contributed by atoms with Gasteiger partial charge in [-0.2, -0.15) is 13.2 Å². The van der Waals surface area contributed by atoms with Gasteiger partial charge in [0.2, 0.25) is 11.8 Å². The van der Waals surface area contributed by atoms with Crippen LogP contribution in [0.1, 0.15) is 31.2 Å².